The Balaban J connectivity index is 1.87. The second-order valence-corrected chi connectivity index (χ2v) is 7.54. The summed E-state index contributed by atoms with van der Waals surface area (Å²) in [4.78, 5) is 7.20. The van der Waals surface area contributed by atoms with Crippen molar-refractivity contribution in [1.82, 2.24) is 9.88 Å². The zero-order chi connectivity index (χ0) is 14.5. The van der Waals surface area contributed by atoms with Crippen molar-refractivity contribution in [3.63, 3.8) is 0 Å². The van der Waals surface area contributed by atoms with E-state index in [-0.39, 0.29) is 6.10 Å². The van der Waals surface area contributed by atoms with Gasteiger partial charge in [-0.3, -0.25) is 4.90 Å². The maximum atomic E-state index is 5.61. The number of rotatable bonds is 7. The van der Waals surface area contributed by atoms with Crippen LogP contribution in [0.5, 0.6) is 0 Å². The van der Waals surface area contributed by atoms with Crippen LogP contribution in [0.1, 0.15) is 49.9 Å². The quantitative estimate of drug-likeness (QED) is 0.761. The molecule has 0 spiro atoms. The molecule has 114 valence electrons. The van der Waals surface area contributed by atoms with Crippen LogP contribution in [0.2, 0.25) is 0 Å². The van der Waals surface area contributed by atoms with Gasteiger partial charge in [0.15, 0.2) is 0 Å². The van der Waals surface area contributed by atoms with Gasteiger partial charge in [-0.05, 0) is 46.4 Å². The molecule has 0 saturated heterocycles. The molecule has 1 aliphatic rings. The molecule has 0 aliphatic heterocycles. The molecule has 0 bridgehead atoms. The van der Waals surface area contributed by atoms with Gasteiger partial charge in [0.25, 0.3) is 0 Å². The Morgan fingerprint density at radius 1 is 1.55 bits per heavy atom. The fourth-order valence-electron chi connectivity index (χ4n) is 2.82. The Morgan fingerprint density at radius 3 is 3.00 bits per heavy atom. The van der Waals surface area contributed by atoms with Gasteiger partial charge in [0, 0.05) is 29.8 Å². The summed E-state index contributed by atoms with van der Waals surface area (Å²) in [5.41, 5.74) is 1.19. The number of thiazole rings is 1. The van der Waals surface area contributed by atoms with Gasteiger partial charge in [0.1, 0.15) is 11.1 Å². The molecule has 1 fully saturated rings. The van der Waals surface area contributed by atoms with Crippen molar-refractivity contribution in [3.8, 4) is 0 Å². The maximum absolute atomic E-state index is 5.61. The molecule has 1 aromatic heterocycles. The molecule has 2 rings (SSSR count). The summed E-state index contributed by atoms with van der Waals surface area (Å²) < 4.78 is 5.61. The Hall–Kier alpha value is -0.100. The van der Waals surface area contributed by atoms with E-state index in [4.69, 9.17) is 9.72 Å². The predicted molar refractivity (Wildman–Crippen MR) is 88.6 cm³/mol. The molecule has 3 nitrogen and oxygen atoms in total. The topological polar surface area (TPSA) is 25.4 Å². The van der Waals surface area contributed by atoms with E-state index >= 15 is 0 Å². The number of ether oxygens (including phenoxy) is 1. The van der Waals surface area contributed by atoms with Crippen molar-refractivity contribution in [2.75, 3.05) is 19.9 Å². The smallest absolute Gasteiger partial charge is 0.122 e. The van der Waals surface area contributed by atoms with Gasteiger partial charge in [-0.15, -0.1) is 11.3 Å². The average Bonchev–Trinajstić information content (AvgIpc) is 3.07. The second kappa shape index (κ2) is 7.78. The minimum absolute atomic E-state index is 0.122. The molecule has 0 aromatic carbocycles. The van der Waals surface area contributed by atoms with Crippen LogP contribution in [0.15, 0.2) is 5.38 Å². The Morgan fingerprint density at radius 2 is 2.35 bits per heavy atom. The molecule has 0 radical (unpaired) electrons. The van der Waals surface area contributed by atoms with Gasteiger partial charge in [0.05, 0.1) is 5.69 Å². The van der Waals surface area contributed by atoms with E-state index in [9.17, 15) is 0 Å². The van der Waals surface area contributed by atoms with E-state index < -0.39 is 0 Å². The van der Waals surface area contributed by atoms with Crippen LogP contribution in [-0.4, -0.2) is 41.1 Å². The number of hydrogen-bond donors (Lipinski definition) is 0. The summed E-state index contributed by atoms with van der Waals surface area (Å²) in [5.74, 6) is 0. The van der Waals surface area contributed by atoms with Gasteiger partial charge in [-0.25, -0.2) is 4.98 Å². The average molecular weight is 315 g/mol. The van der Waals surface area contributed by atoms with E-state index in [1.165, 1.54) is 25.0 Å². The number of nitrogens with zero attached hydrogens (tertiary/aromatic N) is 2. The molecular formula is C15H26N2OS2. The molecule has 5 heteroatoms. The lowest BCUT2D eigenvalue weighted by Gasteiger charge is -2.23. The van der Waals surface area contributed by atoms with Crippen molar-refractivity contribution in [2.45, 2.75) is 57.1 Å². The summed E-state index contributed by atoms with van der Waals surface area (Å²) in [7, 11) is 2.23. The zero-order valence-electron chi connectivity index (χ0n) is 13.0. The summed E-state index contributed by atoms with van der Waals surface area (Å²) in [6, 6.07) is 0.724. The van der Waals surface area contributed by atoms with Crippen molar-refractivity contribution in [2.24, 2.45) is 0 Å². The standard InChI is InChI=1S/C15H26N2OS2/c1-5-18-11(2)15-16-12(10-20-15)9-17(3)13-6-7-14(8-13)19-4/h10-11,13-14H,5-9H2,1-4H3. The Bertz CT molecular complexity index is 410. The normalized spacial score (nSPS) is 24.4. The molecular weight excluding hydrogens is 288 g/mol. The third-order valence-corrected chi connectivity index (χ3v) is 6.21. The highest BCUT2D eigenvalue weighted by molar-refractivity contribution is 7.99. The van der Waals surface area contributed by atoms with Crippen LogP contribution < -0.4 is 0 Å². The van der Waals surface area contributed by atoms with Gasteiger partial charge in [0.2, 0.25) is 0 Å². The molecule has 3 unspecified atom stereocenters. The second-order valence-electron chi connectivity index (χ2n) is 5.51. The first-order chi connectivity index (χ1) is 9.63. The Kier molecular flexibility index (Phi) is 6.33. The van der Waals surface area contributed by atoms with Gasteiger partial charge in [-0.2, -0.15) is 11.8 Å². The van der Waals surface area contributed by atoms with E-state index in [0.29, 0.717) is 0 Å². The molecule has 1 saturated carbocycles. The van der Waals surface area contributed by atoms with Gasteiger partial charge in [-0.1, -0.05) is 0 Å². The molecule has 20 heavy (non-hydrogen) atoms. The third-order valence-electron chi connectivity index (χ3n) is 4.06. The molecule has 0 N–H and O–H groups in total. The lowest BCUT2D eigenvalue weighted by atomic mass is 10.2. The fraction of sp³-hybridized carbons (Fsp3) is 0.800. The van der Waals surface area contributed by atoms with Gasteiger partial charge < -0.3 is 4.74 Å². The molecule has 1 aliphatic carbocycles. The lowest BCUT2D eigenvalue weighted by Crippen LogP contribution is -2.29. The Labute approximate surface area is 131 Å². The molecule has 3 atom stereocenters. The highest BCUT2D eigenvalue weighted by Gasteiger charge is 2.27. The summed E-state index contributed by atoms with van der Waals surface area (Å²) >= 11 is 3.74. The minimum atomic E-state index is 0.122. The van der Waals surface area contributed by atoms with E-state index in [2.05, 4.69) is 30.5 Å². The lowest BCUT2D eigenvalue weighted by molar-refractivity contribution is 0.0760. The van der Waals surface area contributed by atoms with Crippen molar-refractivity contribution in [1.29, 1.82) is 0 Å². The number of thioether (sulfide) groups is 1. The summed E-state index contributed by atoms with van der Waals surface area (Å²) in [6.07, 6.45) is 6.36. The van der Waals surface area contributed by atoms with Crippen molar-refractivity contribution >= 4 is 23.1 Å². The molecule has 0 amide bonds. The van der Waals surface area contributed by atoms with E-state index in [1.807, 2.05) is 18.7 Å². The van der Waals surface area contributed by atoms with E-state index in [1.54, 1.807) is 11.3 Å². The largest absolute Gasteiger partial charge is 0.372 e. The highest BCUT2D eigenvalue weighted by Crippen LogP contribution is 2.31. The van der Waals surface area contributed by atoms with Crippen molar-refractivity contribution < 1.29 is 4.74 Å². The number of aromatic nitrogens is 1. The van der Waals surface area contributed by atoms with E-state index in [0.717, 1.165) is 29.5 Å². The minimum Gasteiger partial charge on any atom is -0.372 e. The first kappa shape index (κ1) is 16.3. The SMILES string of the molecule is CCOC(C)c1nc(CN(C)C2CCC(SC)C2)cs1. The van der Waals surface area contributed by atoms with Crippen LogP contribution in [0, 0.1) is 0 Å². The zero-order valence-corrected chi connectivity index (χ0v) is 14.6. The third kappa shape index (κ3) is 4.20. The summed E-state index contributed by atoms with van der Waals surface area (Å²) in [5, 5.41) is 4.14. The predicted octanol–water partition coefficient (Wildman–Crippen LogP) is 3.96. The van der Waals surface area contributed by atoms with Crippen molar-refractivity contribution in [3.05, 3.63) is 16.1 Å². The van der Waals surface area contributed by atoms with Gasteiger partial charge >= 0.3 is 0 Å². The molecule has 1 heterocycles. The molecule has 1 aromatic rings. The van der Waals surface area contributed by atoms with Crippen LogP contribution in [0.3, 0.4) is 0 Å². The highest BCUT2D eigenvalue weighted by atomic mass is 32.2. The fourth-order valence-corrected chi connectivity index (χ4v) is 4.42. The first-order valence-corrected chi connectivity index (χ1v) is 9.59. The summed E-state index contributed by atoms with van der Waals surface area (Å²) in [6.45, 7) is 5.81. The van der Waals surface area contributed by atoms with Crippen LogP contribution in [0.4, 0.5) is 0 Å². The maximum Gasteiger partial charge on any atom is 0.122 e. The van der Waals surface area contributed by atoms with Crippen LogP contribution in [0.25, 0.3) is 0 Å². The first-order valence-electron chi connectivity index (χ1n) is 7.43. The number of hydrogen-bond acceptors (Lipinski definition) is 5. The monoisotopic (exact) mass is 314 g/mol. The van der Waals surface area contributed by atoms with Crippen LogP contribution in [-0.2, 0) is 11.3 Å². The van der Waals surface area contributed by atoms with Crippen LogP contribution >= 0.6 is 23.1 Å².